The summed E-state index contributed by atoms with van der Waals surface area (Å²) in [6.07, 6.45) is 1.07. The molecule has 1 aliphatic heterocycles. The molecule has 4 N–H and O–H groups in total. The van der Waals surface area contributed by atoms with E-state index in [1.54, 1.807) is 24.3 Å². The zero-order chi connectivity index (χ0) is 27.2. The van der Waals surface area contributed by atoms with Crippen LogP contribution in [-0.4, -0.2) is 49.4 Å². The molecular formula is C31H31FN4O3. The molecule has 3 amide bonds. The monoisotopic (exact) mass is 526 g/mol. The Hall–Kier alpha value is -4.30. The molecule has 0 aromatic heterocycles. The summed E-state index contributed by atoms with van der Waals surface area (Å²) in [5.41, 5.74) is 0.155. The first-order valence-electron chi connectivity index (χ1n) is 13.2. The minimum Gasteiger partial charge on any atom is -0.354 e. The molecule has 5 rings (SSSR count). The number of benzene rings is 4. The van der Waals surface area contributed by atoms with E-state index in [1.807, 2.05) is 42.5 Å². The molecule has 0 unspecified atom stereocenters. The largest absolute Gasteiger partial charge is 0.354 e. The second kappa shape index (κ2) is 11.6. The Morgan fingerprint density at radius 2 is 1.44 bits per heavy atom. The third-order valence-corrected chi connectivity index (χ3v) is 7.32. The maximum Gasteiger partial charge on any atom is 0.252 e. The average molecular weight is 527 g/mol. The molecule has 0 atom stereocenters. The summed E-state index contributed by atoms with van der Waals surface area (Å²) < 4.78 is 14.3. The SMILES string of the molecule is O=C(Cc1cccc2ccccc12)NCCNC(=O)C1(NC(=O)c2ccc(F)c3ccccc23)CCNCC1. The first-order chi connectivity index (χ1) is 19.0. The van der Waals surface area contributed by atoms with Crippen molar-refractivity contribution in [1.82, 2.24) is 21.3 Å². The third-order valence-electron chi connectivity index (χ3n) is 7.32. The summed E-state index contributed by atoms with van der Waals surface area (Å²) >= 11 is 0. The lowest BCUT2D eigenvalue weighted by Gasteiger charge is -2.37. The molecule has 1 saturated heterocycles. The van der Waals surface area contributed by atoms with Crippen LogP contribution < -0.4 is 21.3 Å². The Kier molecular flexibility index (Phi) is 7.84. The van der Waals surface area contributed by atoms with Crippen molar-refractivity contribution >= 4 is 39.3 Å². The number of piperidine rings is 1. The van der Waals surface area contributed by atoms with Crippen molar-refractivity contribution in [2.75, 3.05) is 26.2 Å². The zero-order valence-corrected chi connectivity index (χ0v) is 21.6. The number of carbonyl (C=O) groups is 3. The highest BCUT2D eigenvalue weighted by Gasteiger charge is 2.41. The molecule has 1 aliphatic rings. The van der Waals surface area contributed by atoms with Gasteiger partial charge in [0.25, 0.3) is 5.91 Å². The standard InChI is InChI=1S/C31H31FN4O3/c32-27-13-12-26(24-10-3-4-11-25(24)27)29(38)36-31(14-16-33-17-15-31)30(39)35-19-18-34-28(37)20-22-8-5-7-21-6-1-2-9-23(21)22/h1-13,33H,14-20H2,(H,34,37)(H,35,39)(H,36,38). The Morgan fingerprint density at radius 3 is 2.23 bits per heavy atom. The van der Waals surface area contributed by atoms with Gasteiger partial charge in [-0.2, -0.15) is 0 Å². The first kappa shape index (κ1) is 26.3. The molecule has 1 fully saturated rings. The summed E-state index contributed by atoms with van der Waals surface area (Å²) in [6.45, 7) is 1.63. The third kappa shape index (κ3) is 5.76. The van der Waals surface area contributed by atoms with Crippen LogP contribution in [-0.2, 0) is 16.0 Å². The van der Waals surface area contributed by atoms with E-state index in [2.05, 4.69) is 21.3 Å². The lowest BCUT2D eigenvalue weighted by atomic mass is 9.86. The molecule has 4 aromatic rings. The van der Waals surface area contributed by atoms with Crippen LogP contribution in [0.5, 0.6) is 0 Å². The van der Waals surface area contributed by atoms with Gasteiger partial charge in [-0.1, -0.05) is 66.7 Å². The highest BCUT2D eigenvalue weighted by Crippen LogP contribution is 2.25. The number of fused-ring (bicyclic) bond motifs is 2. The second-order valence-corrected chi connectivity index (χ2v) is 9.85. The molecule has 1 heterocycles. The number of amides is 3. The van der Waals surface area contributed by atoms with E-state index in [-0.39, 0.29) is 31.3 Å². The van der Waals surface area contributed by atoms with Crippen LogP contribution in [0.4, 0.5) is 4.39 Å². The zero-order valence-electron chi connectivity index (χ0n) is 21.6. The van der Waals surface area contributed by atoms with Gasteiger partial charge in [-0.3, -0.25) is 14.4 Å². The van der Waals surface area contributed by atoms with Crippen molar-refractivity contribution in [3.63, 3.8) is 0 Å². The van der Waals surface area contributed by atoms with E-state index in [0.29, 0.717) is 42.3 Å². The van der Waals surface area contributed by atoms with E-state index in [9.17, 15) is 18.8 Å². The molecular weight excluding hydrogens is 495 g/mol. The molecule has 0 bridgehead atoms. The quantitative estimate of drug-likeness (QED) is 0.264. The number of hydrogen-bond acceptors (Lipinski definition) is 4. The molecule has 0 spiro atoms. The molecule has 0 saturated carbocycles. The molecule has 4 aromatic carbocycles. The number of rotatable bonds is 8. The Balaban J connectivity index is 1.20. The minimum absolute atomic E-state index is 0.131. The van der Waals surface area contributed by atoms with E-state index >= 15 is 0 Å². The van der Waals surface area contributed by atoms with Crippen LogP contribution in [0.25, 0.3) is 21.5 Å². The van der Waals surface area contributed by atoms with Crippen molar-refractivity contribution in [1.29, 1.82) is 0 Å². The van der Waals surface area contributed by atoms with Gasteiger partial charge in [0.2, 0.25) is 11.8 Å². The van der Waals surface area contributed by atoms with Crippen molar-refractivity contribution in [3.8, 4) is 0 Å². The van der Waals surface area contributed by atoms with Crippen LogP contribution in [0.15, 0.2) is 78.9 Å². The van der Waals surface area contributed by atoms with Crippen molar-refractivity contribution < 1.29 is 18.8 Å². The van der Waals surface area contributed by atoms with Crippen LogP contribution in [0.2, 0.25) is 0 Å². The van der Waals surface area contributed by atoms with Gasteiger partial charge >= 0.3 is 0 Å². The average Bonchev–Trinajstić information content (AvgIpc) is 2.96. The van der Waals surface area contributed by atoms with Crippen molar-refractivity contribution in [3.05, 3.63) is 95.8 Å². The molecule has 39 heavy (non-hydrogen) atoms. The Labute approximate surface area is 226 Å². The van der Waals surface area contributed by atoms with Gasteiger partial charge in [0.1, 0.15) is 11.4 Å². The van der Waals surface area contributed by atoms with E-state index in [4.69, 9.17) is 0 Å². The fraction of sp³-hybridized carbons (Fsp3) is 0.258. The van der Waals surface area contributed by atoms with Crippen LogP contribution in [0.1, 0.15) is 28.8 Å². The van der Waals surface area contributed by atoms with Gasteiger partial charge in [-0.15, -0.1) is 0 Å². The maximum absolute atomic E-state index is 14.3. The normalized spacial score (nSPS) is 14.6. The van der Waals surface area contributed by atoms with Crippen LogP contribution >= 0.6 is 0 Å². The van der Waals surface area contributed by atoms with Crippen LogP contribution in [0, 0.1) is 5.82 Å². The van der Waals surface area contributed by atoms with Gasteiger partial charge in [0, 0.05) is 24.0 Å². The van der Waals surface area contributed by atoms with Gasteiger partial charge < -0.3 is 21.3 Å². The number of hydrogen-bond donors (Lipinski definition) is 4. The predicted molar refractivity (Wildman–Crippen MR) is 150 cm³/mol. The Bertz CT molecular complexity index is 1530. The molecule has 200 valence electrons. The highest BCUT2D eigenvalue weighted by atomic mass is 19.1. The minimum atomic E-state index is -1.11. The predicted octanol–water partition coefficient (Wildman–Crippen LogP) is 3.46. The van der Waals surface area contributed by atoms with Gasteiger partial charge in [0.05, 0.1) is 6.42 Å². The van der Waals surface area contributed by atoms with Crippen molar-refractivity contribution in [2.24, 2.45) is 0 Å². The molecule has 7 nitrogen and oxygen atoms in total. The van der Waals surface area contributed by atoms with E-state index < -0.39 is 17.3 Å². The number of carbonyl (C=O) groups excluding carboxylic acids is 3. The van der Waals surface area contributed by atoms with Gasteiger partial charge in [-0.05, 0) is 59.8 Å². The summed E-state index contributed by atoms with van der Waals surface area (Å²) in [5, 5.41) is 14.9. The summed E-state index contributed by atoms with van der Waals surface area (Å²) in [6, 6.07) is 23.3. The lowest BCUT2D eigenvalue weighted by Crippen LogP contribution is -2.63. The Morgan fingerprint density at radius 1 is 0.769 bits per heavy atom. The summed E-state index contributed by atoms with van der Waals surface area (Å²) in [5.74, 6) is -1.26. The first-order valence-corrected chi connectivity index (χ1v) is 13.2. The molecule has 0 radical (unpaired) electrons. The van der Waals surface area contributed by atoms with Crippen LogP contribution in [0.3, 0.4) is 0 Å². The lowest BCUT2D eigenvalue weighted by molar-refractivity contribution is -0.128. The summed E-state index contributed by atoms with van der Waals surface area (Å²) in [7, 11) is 0. The number of nitrogens with one attached hydrogen (secondary N) is 4. The fourth-order valence-corrected chi connectivity index (χ4v) is 5.24. The smallest absolute Gasteiger partial charge is 0.252 e. The second-order valence-electron chi connectivity index (χ2n) is 9.85. The van der Waals surface area contributed by atoms with E-state index in [1.165, 1.54) is 12.1 Å². The highest BCUT2D eigenvalue weighted by molar-refractivity contribution is 6.09. The molecule has 8 heteroatoms. The van der Waals surface area contributed by atoms with Gasteiger partial charge in [-0.25, -0.2) is 4.39 Å². The van der Waals surface area contributed by atoms with Crippen molar-refractivity contribution in [2.45, 2.75) is 24.8 Å². The fourth-order valence-electron chi connectivity index (χ4n) is 5.24. The van der Waals surface area contributed by atoms with Gasteiger partial charge in [0.15, 0.2) is 0 Å². The molecule has 0 aliphatic carbocycles. The van der Waals surface area contributed by atoms with E-state index in [0.717, 1.165) is 16.3 Å². The number of halogens is 1. The topological polar surface area (TPSA) is 99.3 Å². The summed E-state index contributed by atoms with van der Waals surface area (Å²) in [4.78, 5) is 39.3. The maximum atomic E-state index is 14.3.